The highest BCUT2D eigenvalue weighted by molar-refractivity contribution is 5.66. The van der Waals surface area contributed by atoms with Gasteiger partial charge in [0.2, 0.25) is 0 Å². The number of rotatable bonds is 28. The Morgan fingerprint density at radius 1 is 0.629 bits per heavy atom. The first-order valence-corrected chi connectivity index (χ1v) is 15.6. The van der Waals surface area contributed by atoms with Gasteiger partial charge in [-0.15, -0.1) is 0 Å². The number of carboxylic acid groups (broad SMARTS) is 1. The Kier molecular flexibility index (Phi) is 27.1. The zero-order valence-corrected chi connectivity index (χ0v) is 24.2. The summed E-state index contributed by atoms with van der Waals surface area (Å²) in [6, 6.07) is 0. The summed E-state index contributed by atoms with van der Waals surface area (Å²) in [6.07, 6.45) is 35.8. The number of aliphatic carboxylic acids is 1. The molecular weight excluding hydrogens is 430 g/mol. The lowest BCUT2D eigenvalue weighted by Crippen LogP contribution is -2.17. The standard InChI is InChI=1S/C32H63NO2/c1-4-5-6-7-17-20-23-26-31(29-30-33(2)3)27-24-21-18-15-13-11-9-8-10-12-14-16-19-22-25-28-32(34)35/h8,10,31H,4-7,9,11-30H2,1-3H3,(H,34,35). The Labute approximate surface area is 220 Å². The van der Waals surface area contributed by atoms with Gasteiger partial charge in [-0.2, -0.15) is 0 Å². The molecule has 0 aromatic heterocycles. The van der Waals surface area contributed by atoms with Crippen LogP contribution in [0.15, 0.2) is 12.2 Å². The van der Waals surface area contributed by atoms with E-state index in [1.807, 2.05) is 0 Å². The van der Waals surface area contributed by atoms with Crippen LogP contribution < -0.4 is 0 Å². The van der Waals surface area contributed by atoms with E-state index in [4.69, 9.17) is 5.11 Å². The van der Waals surface area contributed by atoms with E-state index in [-0.39, 0.29) is 0 Å². The second kappa shape index (κ2) is 27.8. The largest absolute Gasteiger partial charge is 0.481 e. The average molecular weight is 494 g/mol. The summed E-state index contributed by atoms with van der Waals surface area (Å²) in [5, 5.41) is 8.63. The van der Waals surface area contributed by atoms with E-state index in [9.17, 15) is 4.79 Å². The molecule has 0 fully saturated rings. The Balaban J connectivity index is 3.57. The summed E-state index contributed by atoms with van der Waals surface area (Å²) in [7, 11) is 4.43. The van der Waals surface area contributed by atoms with Gasteiger partial charge in [0, 0.05) is 6.42 Å². The summed E-state index contributed by atoms with van der Waals surface area (Å²) < 4.78 is 0. The maximum atomic E-state index is 10.5. The molecule has 0 spiro atoms. The number of allylic oxidation sites excluding steroid dienone is 2. The molecule has 0 saturated carbocycles. The Morgan fingerprint density at radius 2 is 1.06 bits per heavy atom. The van der Waals surface area contributed by atoms with Crippen LogP contribution in [0.25, 0.3) is 0 Å². The molecule has 0 radical (unpaired) electrons. The van der Waals surface area contributed by atoms with Crippen molar-refractivity contribution in [2.45, 2.75) is 161 Å². The van der Waals surface area contributed by atoms with Crippen LogP contribution >= 0.6 is 0 Å². The Bertz CT molecular complexity index is 460. The molecule has 35 heavy (non-hydrogen) atoms. The van der Waals surface area contributed by atoms with E-state index >= 15 is 0 Å². The van der Waals surface area contributed by atoms with Crippen LogP contribution in [0.5, 0.6) is 0 Å². The molecule has 0 aliphatic carbocycles. The lowest BCUT2D eigenvalue weighted by molar-refractivity contribution is -0.137. The van der Waals surface area contributed by atoms with Gasteiger partial charge >= 0.3 is 5.97 Å². The van der Waals surface area contributed by atoms with Crippen LogP contribution in [0.3, 0.4) is 0 Å². The quantitative estimate of drug-likeness (QED) is 0.0870. The van der Waals surface area contributed by atoms with E-state index in [1.54, 1.807) is 0 Å². The topological polar surface area (TPSA) is 40.5 Å². The minimum Gasteiger partial charge on any atom is -0.481 e. The van der Waals surface area contributed by atoms with Crippen LogP contribution in [0.4, 0.5) is 0 Å². The van der Waals surface area contributed by atoms with E-state index in [1.165, 1.54) is 141 Å². The van der Waals surface area contributed by atoms with Crippen LogP contribution in [-0.4, -0.2) is 36.6 Å². The summed E-state index contributed by atoms with van der Waals surface area (Å²) in [4.78, 5) is 12.8. The van der Waals surface area contributed by atoms with E-state index < -0.39 is 5.97 Å². The lowest BCUT2D eigenvalue weighted by atomic mass is 9.91. The maximum Gasteiger partial charge on any atom is 0.303 e. The van der Waals surface area contributed by atoms with Gasteiger partial charge in [-0.3, -0.25) is 4.79 Å². The van der Waals surface area contributed by atoms with Gasteiger partial charge in [-0.25, -0.2) is 0 Å². The molecule has 0 saturated heterocycles. The van der Waals surface area contributed by atoms with Crippen molar-refractivity contribution in [2.24, 2.45) is 5.92 Å². The molecule has 0 aliphatic rings. The van der Waals surface area contributed by atoms with Crippen molar-refractivity contribution in [3.05, 3.63) is 12.2 Å². The third-order valence-electron chi connectivity index (χ3n) is 7.36. The van der Waals surface area contributed by atoms with Crippen molar-refractivity contribution in [3.8, 4) is 0 Å². The third kappa shape index (κ3) is 29.3. The van der Waals surface area contributed by atoms with Crippen LogP contribution in [0.1, 0.15) is 161 Å². The third-order valence-corrected chi connectivity index (χ3v) is 7.36. The van der Waals surface area contributed by atoms with Crippen molar-refractivity contribution >= 4 is 5.97 Å². The fourth-order valence-electron chi connectivity index (χ4n) is 4.97. The second-order valence-corrected chi connectivity index (χ2v) is 11.2. The van der Waals surface area contributed by atoms with Crippen molar-refractivity contribution < 1.29 is 9.90 Å². The highest BCUT2D eigenvalue weighted by Gasteiger charge is 2.09. The number of unbranched alkanes of at least 4 members (excludes halogenated alkanes) is 17. The molecule has 0 aliphatic heterocycles. The summed E-state index contributed by atoms with van der Waals surface area (Å²) in [6.45, 7) is 3.55. The van der Waals surface area contributed by atoms with E-state index in [2.05, 4.69) is 38.1 Å². The summed E-state index contributed by atoms with van der Waals surface area (Å²) >= 11 is 0. The number of nitrogens with zero attached hydrogens (tertiary/aromatic N) is 1. The zero-order valence-electron chi connectivity index (χ0n) is 24.2. The highest BCUT2D eigenvalue weighted by atomic mass is 16.4. The Morgan fingerprint density at radius 3 is 1.51 bits per heavy atom. The van der Waals surface area contributed by atoms with Crippen LogP contribution in [-0.2, 0) is 4.79 Å². The molecule has 208 valence electrons. The van der Waals surface area contributed by atoms with Crippen molar-refractivity contribution in [1.82, 2.24) is 4.90 Å². The fourth-order valence-corrected chi connectivity index (χ4v) is 4.97. The van der Waals surface area contributed by atoms with E-state index in [0.29, 0.717) is 6.42 Å². The maximum absolute atomic E-state index is 10.5. The van der Waals surface area contributed by atoms with Gasteiger partial charge in [-0.05, 0) is 65.1 Å². The molecule has 0 heterocycles. The first kappa shape index (κ1) is 34.2. The number of hydrogen-bond donors (Lipinski definition) is 1. The van der Waals surface area contributed by atoms with Crippen LogP contribution in [0.2, 0.25) is 0 Å². The van der Waals surface area contributed by atoms with Crippen molar-refractivity contribution in [2.75, 3.05) is 20.6 Å². The predicted octanol–water partition coefficient (Wildman–Crippen LogP) is 10.2. The first-order valence-electron chi connectivity index (χ1n) is 15.6. The van der Waals surface area contributed by atoms with Crippen molar-refractivity contribution in [3.63, 3.8) is 0 Å². The average Bonchev–Trinajstić information content (AvgIpc) is 2.82. The minimum atomic E-state index is -0.661. The molecule has 1 atom stereocenters. The van der Waals surface area contributed by atoms with Gasteiger partial charge in [0.25, 0.3) is 0 Å². The van der Waals surface area contributed by atoms with Gasteiger partial charge in [0.05, 0.1) is 0 Å². The van der Waals surface area contributed by atoms with E-state index in [0.717, 1.165) is 18.8 Å². The number of carboxylic acids is 1. The monoisotopic (exact) mass is 493 g/mol. The van der Waals surface area contributed by atoms with Crippen LogP contribution in [0, 0.1) is 5.92 Å². The van der Waals surface area contributed by atoms with Gasteiger partial charge in [0.1, 0.15) is 0 Å². The smallest absolute Gasteiger partial charge is 0.303 e. The molecule has 1 N–H and O–H groups in total. The molecular formula is C32H63NO2. The second-order valence-electron chi connectivity index (χ2n) is 11.2. The van der Waals surface area contributed by atoms with Crippen molar-refractivity contribution in [1.29, 1.82) is 0 Å². The van der Waals surface area contributed by atoms with Gasteiger partial charge in [0.15, 0.2) is 0 Å². The molecule has 1 unspecified atom stereocenters. The molecule has 0 bridgehead atoms. The first-order chi connectivity index (χ1) is 17.1. The lowest BCUT2D eigenvalue weighted by Gasteiger charge is -2.19. The fraction of sp³-hybridized carbons (Fsp3) is 0.906. The molecule has 3 heteroatoms. The SMILES string of the molecule is CCCCCCCCCC(CCCCCCCCC=CCCCCCCCC(=O)O)CCN(C)C. The predicted molar refractivity (Wildman–Crippen MR) is 155 cm³/mol. The number of carbonyl (C=O) groups is 1. The summed E-state index contributed by atoms with van der Waals surface area (Å²) in [5.41, 5.74) is 0. The molecule has 0 rings (SSSR count). The Hall–Kier alpha value is -0.830. The highest BCUT2D eigenvalue weighted by Crippen LogP contribution is 2.22. The minimum absolute atomic E-state index is 0.330. The zero-order chi connectivity index (χ0) is 25.8. The van der Waals surface area contributed by atoms with Gasteiger partial charge < -0.3 is 10.0 Å². The van der Waals surface area contributed by atoms with Gasteiger partial charge in [-0.1, -0.05) is 128 Å². The normalized spacial score (nSPS) is 12.7. The molecule has 3 nitrogen and oxygen atoms in total. The summed E-state index contributed by atoms with van der Waals surface area (Å²) in [5.74, 6) is 0.286. The molecule has 0 aromatic rings. The molecule has 0 amide bonds. The number of hydrogen-bond acceptors (Lipinski definition) is 2. The molecule has 0 aromatic carbocycles.